The molecule has 2 bridgehead atoms. The lowest BCUT2D eigenvalue weighted by atomic mass is 9.55. The summed E-state index contributed by atoms with van der Waals surface area (Å²) >= 11 is 0. The van der Waals surface area contributed by atoms with Gasteiger partial charge < -0.3 is 14.4 Å². The van der Waals surface area contributed by atoms with Gasteiger partial charge in [-0.2, -0.15) is 0 Å². The van der Waals surface area contributed by atoms with Gasteiger partial charge in [0.05, 0.1) is 47.2 Å². The van der Waals surface area contributed by atoms with Crippen LogP contribution in [-0.4, -0.2) is 42.3 Å². The zero-order chi connectivity index (χ0) is 33.4. The molecule has 2 heterocycles. The third-order valence-corrected chi connectivity index (χ3v) is 10.2. The van der Waals surface area contributed by atoms with Gasteiger partial charge in [0.2, 0.25) is 17.7 Å². The number of nitro groups is 1. The zero-order valence-corrected chi connectivity index (χ0v) is 26.0. The van der Waals surface area contributed by atoms with E-state index in [1.54, 1.807) is 25.1 Å². The number of aryl methyl sites for hydroxylation is 1. The van der Waals surface area contributed by atoms with Gasteiger partial charge in [-0.1, -0.05) is 48.5 Å². The number of amides is 3. The lowest BCUT2D eigenvalue weighted by Gasteiger charge is -2.45. The van der Waals surface area contributed by atoms with Gasteiger partial charge in [0, 0.05) is 30.9 Å². The van der Waals surface area contributed by atoms with Gasteiger partial charge >= 0.3 is 5.97 Å². The number of carbonyl (C=O) groups excluding carboxylic acids is 4. The first-order valence-corrected chi connectivity index (χ1v) is 15.7. The van der Waals surface area contributed by atoms with E-state index in [-0.39, 0.29) is 59.7 Å². The first-order chi connectivity index (χ1) is 23.2. The summed E-state index contributed by atoms with van der Waals surface area (Å²) in [6.45, 7) is 1.77. The largest absolute Gasteiger partial charge is 0.494 e. The summed E-state index contributed by atoms with van der Waals surface area (Å²) in [7, 11) is 1.35. The van der Waals surface area contributed by atoms with Crippen LogP contribution in [0, 0.1) is 34.8 Å². The highest BCUT2D eigenvalue weighted by atomic mass is 16.6. The minimum absolute atomic E-state index is 0.00950. The first-order valence-electron chi connectivity index (χ1n) is 15.7. The number of benzene rings is 4. The summed E-state index contributed by atoms with van der Waals surface area (Å²) < 4.78 is 11.0. The van der Waals surface area contributed by atoms with Crippen LogP contribution in [0.15, 0.2) is 84.9 Å². The van der Waals surface area contributed by atoms with E-state index < -0.39 is 28.6 Å². The minimum atomic E-state index is -0.791. The maximum absolute atomic E-state index is 14.2. The van der Waals surface area contributed by atoms with Crippen molar-refractivity contribution < 1.29 is 33.6 Å². The van der Waals surface area contributed by atoms with Crippen LogP contribution in [0.25, 0.3) is 0 Å². The van der Waals surface area contributed by atoms with Crippen molar-refractivity contribution in [2.75, 3.05) is 23.5 Å². The fraction of sp³-hybridized carbons (Fsp3) is 0.243. The molecule has 0 spiro atoms. The number of nitrogens with zero attached hydrogens (tertiary/aromatic N) is 3. The quantitative estimate of drug-likeness (QED) is 0.0912. The summed E-state index contributed by atoms with van der Waals surface area (Å²) in [5.74, 6) is -3.31. The van der Waals surface area contributed by atoms with Gasteiger partial charge in [-0.25, -0.2) is 4.90 Å². The van der Waals surface area contributed by atoms with Crippen molar-refractivity contribution in [1.29, 1.82) is 0 Å². The summed E-state index contributed by atoms with van der Waals surface area (Å²) in [6, 6.07) is 24.9. The van der Waals surface area contributed by atoms with E-state index >= 15 is 0 Å². The molecule has 0 unspecified atom stereocenters. The molecule has 3 aliphatic carbocycles. The highest BCUT2D eigenvalue weighted by Crippen LogP contribution is 2.61. The van der Waals surface area contributed by atoms with E-state index in [2.05, 4.69) is 24.3 Å². The molecule has 11 nitrogen and oxygen atoms in total. The number of methoxy groups -OCH3 is 1. The summed E-state index contributed by atoms with van der Waals surface area (Å²) in [5, 5.41) is 11.2. The molecule has 4 aromatic carbocycles. The average Bonchev–Trinajstić information content (AvgIpc) is 3.61. The Hall–Kier alpha value is -5.84. The van der Waals surface area contributed by atoms with E-state index in [4.69, 9.17) is 9.47 Å². The lowest BCUT2D eigenvalue weighted by molar-refractivity contribution is -0.384. The van der Waals surface area contributed by atoms with E-state index in [0.717, 1.165) is 22.3 Å². The third kappa shape index (κ3) is 4.27. The van der Waals surface area contributed by atoms with Crippen LogP contribution >= 0.6 is 0 Å². The number of rotatable bonds is 6. The van der Waals surface area contributed by atoms with Gasteiger partial charge in [0.15, 0.2) is 0 Å². The van der Waals surface area contributed by atoms with Crippen molar-refractivity contribution in [3.63, 3.8) is 0 Å². The minimum Gasteiger partial charge on any atom is -0.494 e. The molecule has 240 valence electrons. The van der Waals surface area contributed by atoms with Crippen molar-refractivity contribution >= 4 is 40.8 Å². The van der Waals surface area contributed by atoms with Crippen LogP contribution in [0.5, 0.6) is 11.5 Å². The summed E-state index contributed by atoms with van der Waals surface area (Å²) in [6.07, 6.45) is -0.108. The standard InChI is InChI=1S/C37H29N3O8/c1-19-15-22(48-37(44)20-16-30(41)38(18-20)28-13-11-21(40(45)46)17-29(28)47-2)12-14-27(19)39-35(42)33-31-23-7-3-4-8-24(23)32(34(33)36(39)43)26-10-6-5-9-25(26)31/h3-15,17,20,31-34H,16,18H2,1-2H3/t20-,31?,32?,33+,34+/m1/s1. The molecule has 0 saturated carbocycles. The van der Waals surface area contributed by atoms with Crippen molar-refractivity contribution in [1.82, 2.24) is 0 Å². The van der Waals surface area contributed by atoms with Gasteiger partial charge in [-0.05, 0) is 59.0 Å². The Morgan fingerprint density at radius 1 is 0.812 bits per heavy atom. The van der Waals surface area contributed by atoms with Crippen LogP contribution < -0.4 is 19.3 Å². The smallest absolute Gasteiger partial charge is 0.316 e. The number of imide groups is 1. The monoisotopic (exact) mass is 643 g/mol. The molecule has 4 aromatic rings. The van der Waals surface area contributed by atoms with Crippen LogP contribution in [0.2, 0.25) is 0 Å². The van der Waals surface area contributed by atoms with E-state index in [9.17, 15) is 29.3 Å². The van der Waals surface area contributed by atoms with E-state index in [1.807, 2.05) is 24.3 Å². The van der Waals surface area contributed by atoms with Gasteiger partial charge in [0.1, 0.15) is 11.5 Å². The van der Waals surface area contributed by atoms with E-state index in [0.29, 0.717) is 16.9 Å². The first kappa shape index (κ1) is 29.6. The molecule has 0 aromatic heterocycles. The topological polar surface area (TPSA) is 136 Å². The number of non-ortho nitro benzene ring substituents is 1. The predicted molar refractivity (Wildman–Crippen MR) is 173 cm³/mol. The van der Waals surface area contributed by atoms with Gasteiger partial charge in [-0.15, -0.1) is 0 Å². The molecule has 3 amide bonds. The molecule has 2 saturated heterocycles. The maximum atomic E-state index is 14.2. The number of hydrogen-bond donors (Lipinski definition) is 0. The number of hydrogen-bond acceptors (Lipinski definition) is 8. The number of esters is 1. The molecule has 2 aliphatic heterocycles. The molecule has 9 rings (SSSR count). The summed E-state index contributed by atoms with van der Waals surface area (Å²) in [4.78, 5) is 67.7. The molecule has 5 aliphatic rings. The van der Waals surface area contributed by atoms with E-state index in [1.165, 1.54) is 35.1 Å². The average molecular weight is 644 g/mol. The Kier molecular flexibility index (Phi) is 6.69. The number of anilines is 2. The third-order valence-electron chi connectivity index (χ3n) is 10.2. The van der Waals surface area contributed by atoms with Crippen LogP contribution in [0.3, 0.4) is 0 Å². The second-order valence-electron chi connectivity index (χ2n) is 12.7. The molecule has 48 heavy (non-hydrogen) atoms. The maximum Gasteiger partial charge on any atom is 0.316 e. The Morgan fingerprint density at radius 3 is 1.90 bits per heavy atom. The Morgan fingerprint density at radius 2 is 1.38 bits per heavy atom. The Labute approximate surface area is 274 Å². The Balaban J connectivity index is 1.02. The highest BCUT2D eigenvalue weighted by molar-refractivity contribution is 6.23. The molecule has 11 heteroatoms. The fourth-order valence-corrected chi connectivity index (χ4v) is 8.16. The fourth-order valence-electron chi connectivity index (χ4n) is 8.16. The molecule has 2 fully saturated rings. The van der Waals surface area contributed by atoms with Crippen molar-refractivity contribution in [2.24, 2.45) is 17.8 Å². The van der Waals surface area contributed by atoms with Crippen molar-refractivity contribution in [2.45, 2.75) is 25.2 Å². The second kappa shape index (κ2) is 10.9. The number of ether oxygens (including phenoxy) is 2. The zero-order valence-electron chi connectivity index (χ0n) is 26.0. The molecular formula is C37H29N3O8. The highest BCUT2D eigenvalue weighted by Gasteiger charge is 2.61. The van der Waals surface area contributed by atoms with Gasteiger partial charge in [-0.3, -0.25) is 29.3 Å². The second-order valence-corrected chi connectivity index (χ2v) is 12.7. The number of nitro benzene ring substituents is 1. The molecule has 3 atom stereocenters. The van der Waals surface area contributed by atoms with Gasteiger partial charge in [0.25, 0.3) is 5.69 Å². The van der Waals surface area contributed by atoms with Crippen LogP contribution in [-0.2, 0) is 19.2 Å². The summed E-state index contributed by atoms with van der Waals surface area (Å²) in [5.41, 5.74) is 5.56. The Bertz CT molecular complexity index is 1980. The molecular weight excluding hydrogens is 614 g/mol. The number of carbonyl (C=O) groups is 4. The molecule has 0 radical (unpaired) electrons. The predicted octanol–water partition coefficient (Wildman–Crippen LogP) is 5.27. The van der Waals surface area contributed by atoms with Crippen LogP contribution in [0.1, 0.15) is 46.1 Å². The molecule has 0 N–H and O–H groups in total. The lowest BCUT2D eigenvalue weighted by Crippen LogP contribution is -2.41. The SMILES string of the molecule is COc1cc([N+](=O)[O-])ccc1N1C[C@H](C(=O)Oc2ccc(N3C(=O)[C@H]4C5c6ccccc6C(c6ccccc65)[C@@H]4C3=O)c(C)c2)CC1=O. The van der Waals surface area contributed by atoms with Crippen molar-refractivity contribution in [3.05, 3.63) is 123 Å². The van der Waals surface area contributed by atoms with Crippen LogP contribution in [0.4, 0.5) is 17.1 Å². The van der Waals surface area contributed by atoms with Crippen molar-refractivity contribution in [3.8, 4) is 11.5 Å². The normalized spacial score (nSPS) is 23.5.